The van der Waals surface area contributed by atoms with Gasteiger partial charge in [0.2, 0.25) is 5.91 Å². The normalized spacial score (nSPS) is 10.4. The SMILES string of the molecule is Cc1ccc(Nc2ccc(NCCNC(=O)Cn3cnc(C)cc3=O)nn2)nc1. The first-order valence-corrected chi connectivity index (χ1v) is 9.07. The van der Waals surface area contributed by atoms with Gasteiger partial charge in [-0.05, 0) is 37.6 Å². The van der Waals surface area contributed by atoms with Gasteiger partial charge in [0.25, 0.3) is 5.56 Å². The predicted octanol–water partition coefficient (Wildman–Crippen LogP) is 1.02. The molecule has 0 radical (unpaired) electrons. The van der Waals surface area contributed by atoms with Gasteiger partial charge in [-0.1, -0.05) is 6.07 Å². The van der Waals surface area contributed by atoms with E-state index >= 15 is 0 Å². The van der Waals surface area contributed by atoms with E-state index in [0.717, 1.165) is 5.56 Å². The van der Waals surface area contributed by atoms with Gasteiger partial charge in [0.15, 0.2) is 5.82 Å². The van der Waals surface area contributed by atoms with Crippen molar-refractivity contribution in [2.45, 2.75) is 20.4 Å². The molecule has 0 atom stereocenters. The number of rotatable bonds is 8. The fourth-order valence-corrected chi connectivity index (χ4v) is 2.40. The maximum atomic E-state index is 11.9. The minimum Gasteiger partial charge on any atom is -0.367 e. The van der Waals surface area contributed by atoms with Crippen molar-refractivity contribution in [1.82, 2.24) is 30.0 Å². The Hall–Kier alpha value is -3.82. The summed E-state index contributed by atoms with van der Waals surface area (Å²) in [6.07, 6.45) is 3.14. The number of aromatic nitrogens is 5. The van der Waals surface area contributed by atoms with E-state index in [1.807, 2.05) is 19.1 Å². The lowest BCUT2D eigenvalue weighted by molar-refractivity contribution is -0.121. The maximum absolute atomic E-state index is 11.9. The second kappa shape index (κ2) is 9.40. The third kappa shape index (κ3) is 6.09. The number of hydrogen-bond acceptors (Lipinski definition) is 8. The molecule has 0 aliphatic heterocycles. The zero-order valence-corrected chi connectivity index (χ0v) is 16.2. The molecule has 0 saturated heterocycles. The van der Waals surface area contributed by atoms with Crippen LogP contribution in [-0.4, -0.2) is 43.7 Å². The van der Waals surface area contributed by atoms with Crippen LogP contribution < -0.4 is 21.5 Å². The van der Waals surface area contributed by atoms with Crippen LogP contribution in [0.5, 0.6) is 0 Å². The average molecular weight is 394 g/mol. The molecule has 0 spiro atoms. The van der Waals surface area contributed by atoms with Gasteiger partial charge >= 0.3 is 0 Å². The van der Waals surface area contributed by atoms with Crippen molar-refractivity contribution in [2.75, 3.05) is 23.7 Å². The van der Waals surface area contributed by atoms with Gasteiger partial charge in [0.1, 0.15) is 18.2 Å². The first kappa shape index (κ1) is 19.9. The number of anilines is 3. The van der Waals surface area contributed by atoms with E-state index in [-0.39, 0.29) is 18.0 Å². The van der Waals surface area contributed by atoms with Crippen LogP contribution in [0.15, 0.2) is 47.7 Å². The lowest BCUT2D eigenvalue weighted by Gasteiger charge is -2.09. The summed E-state index contributed by atoms with van der Waals surface area (Å²) in [6, 6.07) is 8.78. The van der Waals surface area contributed by atoms with E-state index in [0.29, 0.717) is 36.2 Å². The van der Waals surface area contributed by atoms with Gasteiger partial charge in [-0.25, -0.2) is 9.97 Å². The first-order valence-electron chi connectivity index (χ1n) is 9.07. The summed E-state index contributed by atoms with van der Waals surface area (Å²) in [5.41, 5.74) is 1.44. The molecule has 0 unspecified atom stereocenters. The van der Waals surface area contributed by atoms with Crippen molar-refractivity contribution in [3.8, 4) is 0 Å². The molecule has 10 heteroatoms. The molecule has 1 amide bonds. The number of amides is 1. The zero-order valence-electron chi connectivity index (χ0n) is 16.2. The number of nitrogens with zero attached hydrogens (tertiary/aromatic N) is 5. The van der Waals surface area contributed by atoms with Crippen molar-refractivity contribution in [2.24, 2.45) is 0 Å². The zero-order chi connectivity index (χ0) is 20.6. The monoisotopic (exact) mass is 394 g/mol. The summed E-state index contributed by atoms with van der Waals surface area (Å²) in [5.74, 6) is 1.59. The third-order valence-electron chi connectivity index (χ3n) is 3.92. The van der Waals surface area contributed by atoms with E-state index in [9.17, 15) is 9.59 Å². The standard InChI is InChI=1S/C19H22N8O2/c1-13-3-4-15(22-10-13)24-17-6-5-16(25-26-17)20-7-8-21-18(28)11-27-12-23-14(2)9-19(27)29/h3-6,9-10,12H,7-8,11H2,1-2H3,(H,20,25)(H,21,28)(H,22,24,26). The Morgan fingerprint density at radius 3 is 2.45 bits per heavy atom. The van der Waals surface area contributed by atoms with E-state index in [1.54, 1.807) is 25.3 Å². The van der Waals surface area contributed by atoms with E-state index < -0.39 is 0 Å². The predicted molar refractivity (Wildman–Crippen MR) is 109 cm³/mol. The fourth-order valence-electron chi connectivity index (χ4n) is 2.40. The summed E-state index contributed by atoms with van der Waals surface area (Å²) in [6.45, 7) is 4.47. The average Bonchev–Trinajstić information content (AvgIpc) is 2.70. The Balaban J connectivity index is 1.40. The molecule has 0 aliphatic rings. The molecular formula is C19H22N8O2. The lowest BCUT2D eigenvalue weighted by Crippen LogP contribution is -2.34. The molecule has 3 rings (SSSR count). The number of carbonyl (C=O) groups excluding carboxylic acids is 1. The minimum absolute atomic E-state index is 0.0701. The van der Waals surface area contributed by atoms with Crippen LogP contribution >= 0.6 is 0 Å². The number of nitrogens with one attached hydrogen (secondary N) is 3. The smallest absolute Gasteiger partial charge is 0.253 e. The van der Waals surface area contributed by atoms with Crippen LogP contribution in [0.1, 0.15) is 11.3 Å². The second-order valence-electron chi connectivity index (χ2n) is 6.42. The molecule has 0 fully saturated rings. The van der Waals surface area contributed by atoms with Gasteiger partial charge in [-0.2, -0.15) is 0 Å². The van der Waals surface area contributed by atoms with Gasteiger partial charge in [0.05, 0.1) is 6.33 Å². The third-order valence-corrected chi connectivity index (χ3v) is 3.92. The molecule has 0 saturated carbocycles. The highest BCUT2D eigenvalue weighted by molar-refractivity contribution is 5.75. The van der Waals surface area contributed by atoms with Crippen LogP contribution in [0.3, 0.4) is 0 Å². The molecule has 3 N–H and O–H groups in total. The highest BCUT2D eigenvalue weighted by atomic mass is 16.2. The molecule has 3 aromatic rings. The molecule has 3 heterocycles. The Bertz CT molecular complexity index is 1020. The van der Waals surface area contributed by atoms with Crippen molar-refractivity contribution in [1.29, 1.82) is 0 Å². The molecule has 10 nitrogen and oxygen atoms in total. The van der Waals surface area contributed by atoms with E-state index in [1.165, 1.54) is 17.0 Å². The Morgan fingerprint density at radius 2 is 1.76 bits per heavy atom. The summed E-state index contributed by atoms with van der Waals surface area (Å²) in [4.78, 5) is 32.0. The van der Waals surface area contributed by atoms with Gasteiger partial charge in [-0.15, -0.1) is 10.2 Å². The van der Waals surface area contributed by atoms with Crippen LogP contribution in [0.2, 0.25) is 0 Å². The molecule has 0 aliphatic carbocycles. The maximum Gasteiger partial charge on any atom is 0.253 e. The molecule has 0 aromatic carbocycles. The molecule has 0 bridgehead atoms. The number of pyridine rings is 1. The minimum atomic E-state index is -0.268. The van der Waals surface area contributed by atoms with Crippen molar-refractivity contribution < 1.29 is 4.79 Å². The quantitative estimate of drug-likeness (QED) is 0.483. The highest BCUT2D eigenvalue weighted by Crippen LogP contribution is 2.12. The molecule has 150 valence electrons. The van der Waals surface area contributed by atoms with Crippen LogP contribution in [-0.2, 0) is 11.3 Å². The van der Waals surface area contributed by atoms with Gasteiger partial charge < -0.3 is 16.0 Å². The topological polar surface area (TPSA) is 127 Å². The summed E-state index contributed by atoms with van der Waals surface area (Å²) in [5, 5.41) is 17.0. The van der Waals surface area contributed by atoms with Gasteiger partial charge in [-0.3, -0.25) is 14.2 Å². The Morgan fingerprint density at radius 1 is 1.00 bits per heavy atom. The molecule has 3 aromatic heterocycles. The molecule has 29 heavy (non-hydrogen) atoms. The highest BCUT2D eigenvalue weighted by Gasteiger charge is 2.05. The van der Waals surface area contributed by atoms with Crippen molar-refractivity contribution in [3.05, 3.63) is 64.5 Å². The van der Waals surface area contributed by atoms with E-state index in [2.05, 4.69) is 36.1 Å². The van der Waals surface area contributed by atoms with Crippen LogP contribution in [0.25, 0.3) is 0 Å². The largest absolute Gasteiger partial charge is 0.367 e. The Kier molecular flexibility index (Phi) is 6.46. The van der Waals surface area contributed by atoms with Crippen molar-refractivity contribution in [3.63, 3.8) is 0 Å². The van der Waals surface area contributed by atoms with Crippen molar-refractivity contribution >= 4 is 23.4 Å². The number of aryl methyl sites for hydroxylation is 2. The Labute approximate surface area is 167 Å². The van der Waals surface area contributed by atoms with E-state index in [4.69, 9.17) is 0 Å². The molecular weight excluding hydrogens is 372 g/mol. The first-order chi connectivity index (χ1) is 14.0. The summed E-state index contributed by atoms with van der Waals surface area (Å²) >= 11 is 0. The van der Waals surface area contributed by atoms with Crippen LogP contribution in [0, 0.1) is 13.8 Å². The van der Waals surface area contributed by atoms with Gasteiger partial charge in [0, 0.05) is 31.0 Å². The second-order valence-corrected chi connectivity index (χ2v) is 6.42. The summed E-state index contributed by atoms with van der Waals surface area (Å²) in [7, 11) is 0. The number of carbonyl (C=O) groups is 1. The lowest BCUT2D eigenvalue weighted by atomic mass is 10.3. The fraction of sp³-hybridized carbons (Fsp3) is 0.263. The summed E-state index contributed by atoms with van der Waals surface area (Å²) < 4.78 is 1.26. The van der Waals surface area contributed by atoms with Crippen LogP contribution in [0.4, 0.5) is 17.5 Å². The number of hydrogen-bond donors (Lipinski definition) is 3.